The summed E-state index contributed by atoms with van der Waals surface area (Å²) in [7, 11) is 0. The number of hydrogen-bond donors (Lipinski definition) is 1. The van der Waals surface area contributed by atoms with Gasteiger partial charge in [0.25, 0.3) is 0 Å². The standard InChI is InChI=1S/C16H25N3O2/c1-12(2)14-9-13(20)10-16(21-14)3-7-19(8-4-16)15-11-17-5-6-18-15/h5-6,11-14,20H,3-4,7-10H2,1-2H3/t13-,14-/m1/s1. The quantitative estimate of drug-likeness (QED) is 0.903. The lowest BCUT2D eigenvalue weighted by Crippen LogP contribution is -2.53. The molecule has 3 heterocycles. The molecule has 2 saturated heterocycles. The second-order valence-corrected chi connectivity index (χ2v) is 6.73. The number of anilines is 1. The van der Waals surface area contributed by atoms with Crippen LogP contribution >= 0.6 is 0 Å². The van der Waals surface area contributed by atoms with Gasteiger partial charge in [0.15, 0.2) is 0 Å². The Labute approximate surface area is 126 Å². The van der Waals surface area contributed by atoms with Crippen molar-refractivity contribution in [3.8, 4) is 0 Å². The molecule has 21 heavy (non-hydrogen) atoms. The van der Waals surface area contributed by atoms with Crippen LogP contribution in [0.5, 0.6) is 0 Å². The highest BCUT2D eigenvalue weighted by Gasteiger charge is 2.44. The van der Waals surface area contributed by atoms with E-state index in [0.717, 1.165) is 44.6 Å². The molecule has 0 aliphatic carbocycles. The maximum atomic E-state index is 10.2. The molecule has 0 aromatic carbocycles. The van der Waals surface area contributed by atoms with Crippen molar-refractivity contribution in [1.29, 1.82) is 0 Å². The average Bonchev–Trinajstić information content (AvgIpc) is 2.48. The molecular formula is C16H25N3O2. The Morgan fingerprint density at radius 1 is 1.33 bits per heavy atom. The smallest absolute Gasteiger partial charge is 0.147 e. The number of ether oxygens (including phenoxy) is 1. The van der Waals surface area contributed by atoms with Gasteiger partial charge < -0.3 is 14.7 Å². The molecule has 2 aliphatic heterocycles. The summed E-state index contributed by atoms with van der Waals surface area (Å²) in [5.74, 6) is 1.39. The van der Waals surface area contributed by atoms with E-state index in [1.54, 1.807) is 12.4 Å². The monoisotopic (exact) mass is 291 g/mol. The second-order valence-electron chi connectivity index (χ2n) is 6.73. The van der Waals surface area contributed by atoms with Crippen LogP contribution in [-0.4, -0.2) is 46.0 Å². The van der Waals surface area contributed by atoms with E-state index in [0.29, 0.717) is 5.92 Å². The van der Waals surface area contributed by atoms with Gasteiger partial charge in [-0.25, -0.2) is 4.98 Å². The molecule has 1 spiro atoms. The number of hydrogen-bond acceptors (Lipinski definition) is 5. The molecule has 3 rings (SSSR count). The van der Waals surface area contributed by atoms with E-state index in [1.165, 1.54) is 0 Å². The number of piperidine rings is 1. The topological polar surface area (TPSA) is 58.5 Å². The predicted molar refractivity (Wildman–Crippen MR) is 81.2 cm³/mol. The second kappa shape index (κ2) is 5.89. The summed E-state index contributed by atoms with van der Waals surface area (Å²) < 4.78 is 6.41. The summed E-state index contributed by atoms with van der Waals surface area (Å²) in [6.45, 7) is 6.17. The molecule has 0 unspecified atom stereocenters. The van der Waals surface area contributed by atoms with Crippen LogP contribution in [0.4, 0.5) is 5.82 Å². The van der Waals surface area contributed by atoms with E-state index in [2.05, 4.69) is 28.7 Å². The molecule has 2 fully saturated rings. The van der Waals surface area contributed by atoms with Crippen LogP contribution in [0, 0.1) is 5.92 Å². The lowest BCUT2D eigenvalue weighted by molar-refractivity contribution is -0.183. The Bertz CT molecular complexity index is 458. The zero-order valence-electron chi connectivity index (χ0n) is 12.9. The third-order valence-electron chi connectivity index (χ3n) is 4.81. The molecule has 5 heteroatoms. The van der Waals surface area contributed by atoms with Gasteiger partial charge >= 0.3 is 0 Å². The first-order valence-electron chi connectivity index (χ1n) is 7.95. The first-order chi connectivity index (χ1) is 10.1. The molecule has 2 aliphatic rings. The number of rotatable bonds is 2. The number of aromatic nitrogens is 2. The van der Waals surface area contributed by atoms with E-state index in [9.17, 15) is 5.11 Å². The van der Waals surface area contributed by atoms with Crippen molar-refractivity contribution in [1.82, 2.24) is 9.97 Å². The van der Waals surface area contributed by atoms with Crippen LogP contribution in [0.15, 0.2) is 18.6 Å². The van der Waals surface area contributed by atoms with Crippen molar-refractivity contribution in [2.24, 2.45) is 5.92 Å². The van der Waals surface area contributed by atoms with Gasteiger partial charge in [-0.1, -0.05) is 13.8 Å². The molecule has 0 radical (unpaired) electrons. The third-order valence-corrected chi connectivity index (χ3v) is 4.81. The van der Waals surface area contributed by atoms with Crippen molar-refractivity contribution in [3.05, 3.63) is 18.6 Å². The summed E-state index contributed by atoms with van der Waals surface area (Å²) in [6.07, 6.45) is 8.63. The Balaban J connectivity index is 1.66. The molecule has 1 aromatic rings. The average molecular weight is 291 g/mol. The number of aliphatic hydroxyl groups is 1. The molecule has 1 aromatic heterocycles. The van der Waals surface area contributed by atoms with Gasteiger partial charge in [-0.15, -0.1) is 0 Å². The fourth-order valence-electron chi connectivity index (χ4n) is 3.53. The number of nitrogens with zero attached hydrogens (tertiary/aromatic N) is 3. The summed E-state index contributed by atoms with van der Waals surface area (Å²) >= 11 is 0. The van der Waals surface area contributed by atoms with E-state index in [4.69, 9.17) is 4.74 Å². The van der Waals surface area contributed by atoms with Gasteiger partial charge in [-0.05, 0) is 25.2 Å². The van der Waals surface area contributed by atoms with E-state index < -0.39 is 0 Å². The van der Waals surface area contributed by atoms with Gasteiger partial charge in [0.1, 0.15) is 5.82 Å². The maximum absolute atomic E-state index is 10.2. The molecule has 5 nitrogen and oxygen atoms in total. The summed E-state index contributed by atoms with van der Waals surface area (Å²) in [4.78, 5) is 10.8. The van der Waals surface area contributed by atoms with Crippen LogP contribution < -0.4 is 4.90 Å². The Morgan fingerprint density at radius 2 is 2.10 bits per heavy atom. The van der Waals surface area contributed by atoms with Crippen LogP contribution in [0.2, 0.25) is 0 Å². The van der Waals surface area contributed by atoms with Crippen LogP contribution in [0.1, 0.15) is 39.5 Å². The maximum Gasteiger partial charge on any atom is 0.147 e. The van der Waals surface area contributed by atoms with Gasteiger partial charge in [0.2, 0.25) is 0 Å². The molecule has 1 N–H and O–H groups in total. The first kappa shape index (κ1) is 14.7. The van der Waals surface area contributed by atoms with Gasteiger partial charge in [0, 0.05) is 31.9 Å². The molecule has 0 saturated carbocycles. The largest absolute Gasteiger partial charge is 0.393 e. The minimum atomic E-state index is -0.228. The molecule has 116 valence electrons. The van der Waals surface area contributed by atoms with E-state index in [1.807, 2.05) is 6.20 Å². The zero-order valence-corrected chi connectivity index (χ0v) is 12.9. The minimum Gasteiger partial charge on any atom is -0.393 e. The molecule has 0 amide bonds. The lowest BCUT2D eigenvalue weighted by Gasteiger charge is -2.49. The normalized spacial score (nSPS) is 29.0. The fourth-order valence-corrected chi connectivity index (χ4v) is 3.53. The Kier molecular flexibility index (Phi) is 4.13. The van der Waals surface area contributed by atoms with E-state index in [-0.39, 0.29) is 17.8 Å². The minimum absolute atomic E-state index is 0.148. The molecular weight excluding hydrogens is 266 g/mol. The van der Waals surface area contributed by atoms with Crippen molar-refractivity contribution in [3.63, 3.8) is 0 Å². The lowest BCUT2D eigenvalue weighted by atomic mass is 9.80. The third kappa shape index (κ3) is 3.19. The molecule has 2 atom stereocenters. The highest BCUT2D eigenvalue weighted by Crippen LogP contribution is 2.39. The Morgan fingerprint density at radius 3 is 2.71 bits per heavy atom. The van der Waals surface area contributed by atoms with Gasteiger partial charge in [0.05, 0.1) is 24.0 Å². The van der Waals surface area contributed by atoms with Crippen molar-refractivity contribution in [2.45, 2.75) is 57.3 Å². The highest BCUT2D eigenvalue weighted by molar-refractivity contribution is 5.36. The number of aliphatic hydroxyl groups excluding tert-OH is 1. The summed E-state index contributed by atoms with van der Waals surface area (Å²) in [5.41, 5.74) is -0.148. The zero-order chi connectivity index (χ0) is 14.9. The Hall–Kier alpha value is -1.20. The molecule has 0 bridgehead atoms. The fraction of sp³-hybridized carbons (Fsp3) is 0.750. The highest BCUT2D eigenvalue weighted by atomic mass is 16.5. The summed E-state index contributed by atoms with van der Waals surface area (Å²) in [5, 5.41) is 10.2. The van der Waals surface area contributed by atoms with Crippen molar-refractivity contribution in [2.75, 3.05) is 18.0 Å². The van der Waals surface area contributed by atoms with Crippen LogP contribution in [0.3, 0.4) is 0 Å². The van der Waals surface area contributed by atoms with E-state index >= 15 is 0 Å². The van der Waals surface area contributed by atoms with Crippen LogP contribution in [0.25, 0.3) is 0 Å². The van der Waals surface area contributed by atoms with Crippen molar-refractivity contribution < 1.29 is 9.84 Å². The summed E-state index contributed by atoms with van der Waals surface area (Å²) in [6, 6.07) is 0. The first-order valence-corrected chi connectivity index (χ1v) is 7.95. The predicted octanol–water partition coefficient (Wildman–Crippen LogP) is 2.01. The van der Waals surface area contributed by atoms with Crippen molar-refractivity contribution >= 4 is 5.82 Å². The van der Waals surface area contributed by atoms with Gasteiger partial charge in [-0.2, -0.15) is 0 Å². The van der Waals surface area contributed by atoms with Crippen LogP contribution in [-0.2, 0) is 4.74 Å². The SMILES string of the molecule is CC(C)[C@H]1C[C@@H](O)CC2(CCN(c3cnccn3)CC2)O1. The van der Waals surface area contributed by atoms with Gasteiger partial charge in [-0.3, -0.25) is 4.98 Å².